The first-order valence-corrected chi connectivity index (χ1v) is 9.93. The fraction of sp³-hybridized carbons (Fsp3) is 0.462. The van der Waals surface area contributed by atoms with Crippen LogP contribution in [-0.2, 0) is 32.8 Å². The van der Waals surface area contributed by atoms with E-state index in [9.17, 15) is 22.7 Å². The van der Waals surface area contributed by atoms with Gasteiger partial charge in [-0.1, -0.05) is 28.0 Å². The van der Waals surface area contributed by atoms with E-state index >= 15 is 0 Å². The van der Waals surface area contributed by atoms with Crippen LogP contribution in [0.5, 0.6) is 0 Å². The highest BCUT2D eigenvalue weighted by molar-refractivity contribution is 7.96. The summed E-state index contributed by atoms with van der Waals surface area (Å²) in [5, 5.41) is 2.16. The van der Waals surface area contributed by atoms with Gasteiger partial charge in [-0.05, 0) is 5.56 Å². The van der Waals surface area contributed by atoms with E-state index in [2.05, 4.69) is 5.32 Å². The summed E-state index contributed by atoms with van der Waals surface area (Å²) in [6.45, 7) is 1.68. The predicted molar refractivity (Wildman–Crippen MR) is 88.8 cm³/mol. The first-order valence-electron chi connectivity index (χ1n) is 7.14. The smallest absolute Gasteiger partial charge is 0.399 e. The van der Waals surface area contributed by atoms with Crippen LogP contribution in [0.15, 0.2) is 18.2 Å². The third-order valence-electron chi connectivity index (χ3n) is 3.90. The molecule has 0 aliphatic carbocycles. The Morgan fingerprint density at radius 1 is 1.56 bits per heavy atom. The molecule has 0 bridgehead atoms. The lowest BCUT2D eigenvalue weighted by Crippen LogP contribution is -2.40. The second kappa shape index (κ2) is 6.98. The van der Waals surface area contributed by atoms with Crippen LogP contribution in [0.2, 0.25) is 0 Å². The fourth-order valence-corrected chi connectivity index (χ4v) is 4.13. The van der Waals surface area contributed by atoms with Gasteiger partial charge in [-0.15, -0.1) is 0 Å². The molecular weight excluding hydrogens is 376 g/mol. The van der Waals surface area contributed by atoms with Crippen LogP contribution in [0.1, 0.15) is 18.1 Å². The monoisotopic (exact) mass is 392 g/mol. The number of carbonyl (C=O) groups excluding carboxylic acids is 1. The Bertz CT molecular complexity index is 726. The Labute approximate surface area is 147 Å². The summed E-state index contributed by atoms with van der Waals surface area (Å²) in [7, 11) is 1.23. The van der Waals surface area contributed by atoms with Gasteiger partial charge in [0.15, 0.2) is 0 Å². The maximum atomic E-state index is 13.8. The molecule has 1 aliphatic rings. The molecule has 1 fully saturated rings. The molecule has 1 saturated heterocycles. The minimum Gasteiger partial charge on any atom is -0.596 e. The molecule has 0 spiro atoms. The lowest BCUT2D eigenvalue weighted by molar-refractivity contribution is -0.123. The summed E-state index contributed by atoms with van der Waals surface area (Å²) in [6.07, 6.45) is 0.0573. The first-order chi connectivity index (χ1) is 11.4. The second-order valence-corrected chi connectivity index (χ2v) is 8.88. The Morgan fingerprint density at radius 3 is 2.52 bits per heavy atom. The number of amides is 1. The van der Waals surface area contributed by atoms with Crippen molar-refractivity contribution in [2.75, 3.05) is 7.05 Å². The zero-order valence-corrected chi connectivity index (χ0v) is 15.1. The fourth-order valence-electron chi connectivity index (χ4n) is 2.47. The Hall–Kier alpha value is -0.965. The molecule has 1 aromatic rings. The van der Waals surface area contributed by atoms with Gasteiger partial charge in [0.05, 0.1) is 11.4 Å². The minimum atomic E-state index is -5.73. The summed E-state index contributed by atoms with van der Waals surface area (Å²) in [5.41, 5.74) is -5.50. The summed E-state index contributed by atoms with van der Waals surface area (Å²) in [5.74, 6) is -0.388. The van der Waals surface area contributed by atoms with Crippen LogP contribution >= 0.6 is 7.60 Å². The van der Waals surface area contributed by atoms with Gasteiger partial charge in [0.2, 0.25) is 11.3 Å². The van der Waals surface area contributed by atoms with Gasteiger partial charge in [0.25, 0.3) is 0 Å². The van der Waals surface area contributed by atoms with E-state index in [1.54, 1.807) is 6.92 Å². The molecule has 4 atom stereocenters. The number of rotatable bonds is 6. The second-order valence-electron chi connectivity index (χ2n) is 5.58. The summed E-state index contributed by atoms with van der Waals surface area (Å²) >= 11 is -1.29. The van der Waals surface area contributed by atoms with Crippen molar-refractivity contribution in [1.82, 2.24) is 9.62 Å². The molecule has 3 N–H and O–H groups in total. The lowest BCUT2D eigenvalue weighted by Gasteiger charge is -2.21. The molecule has 2 rings (SSSR count). The van der Waals surface area contributed by atoms with E-state index in [1.165, 1.54) is 17.4 Å². The highest BCUT2D eigenvalue weighted by Gasteiger charge is 2.57. The van der Waals surface area contributed by atoms with Crippen LogP contribution in [0, 0.1) is 0 Å². The number of carbonyl (C=O) groups is 1. The minimum absolute atomic E-state index is 0.0573. The highest BCUT2D eigenvalue weighted by atomic mass is 32.2. The van der Waals surface area contributed by atoms with Crippen molar-refractivity contribution in [2.45, 2.75) is 30.4 Å². The van der Waals surface area contributed by atoms with Crippen molar-refractivity contribution < 1.29 is 32.5 Å². The van der Waals surface area contributed by atoms with Crippen molar-refractivity contribution in [3.63, 3.8) is 0 Å². The van der Waals surface area contributed by atoms with Crippen LogP contribution in [-0.4, -0.2) is 50.9 Å². The molecule has 136 valence electrons. The van der Waals surface area contributed by atoms with Gasteiger partial charge >= 0.3 is 13.3 Å². The Kier molecular flexibility index (Phi) is 5.68. The molecule has 25 heavy (non-hydrogen) atoms. The number of benzene rings is 1. The van der Waals surface area contributed by atoms with E-state index in [0.29, 0.717) is 5.56 Å². The van der Waals surface area contributed by atoms with Crippen LogP contribution in [0.3, 0.4) is 0 Å². The molecular formula is C13H16BF2N2O5PS. The maximum Gasteiger partial charge on any atom is 0.399 e. The van der Waals surface area contributed by atoms with Crippen LogP contribution < -0.4 is 10.8 Å². The molecule has 1 aliphatic heterocycles. The molecule has 0 aromatic heterocycles. The molecule has 7 nitrogen and oxygen atoms in total. The molecule has 2 unspecified atom stereocenters. The van der Waals surface area contributed by atoms with Crippen molar-refractivity contribution in [1.29, 1.82) is 0 Å². The molecule has 2 radical (unpaired) electrons. The van der Waals surface area contributed by atoms with Gasteiger partial charge < -0.3 is 19.7 Å². The average Bonchev–Trinajstić information content (AvgIpc) is 3.09. The summed E-state index contributed by atoms with van der Waals surface area (Å²) in [4.78, 5) is 29.6. The zero-order chi connectivity index (χ0) is 19.2. The van der Waals surface area contributed by atoms with Gasteiger partial charge in [0, 0.05) is 26.0 Å². The molecule has 1 heterocycles. The average molecular weight is 392 g/mol. The number of likely N-dealkylation sites (N-methyl/N-ethyl adjacent to an activating group) is 1. The third kappa shape index (κ3) is 3.91. The molecule has 12 heteroatoms. The van der Waals surface area contributed by atoms with E-state index in [1.807, 2.05) is 0 Å². The number of nitrogens with one attached hydrogen (secondary N) is 1. The molecule has 0 saturated carbocycles. The van der Waals surface area contributed by atoms with E-state index < -0.39 is 41.7 Å². The summed E-state index contributed by atoms with van der Waals surface area (Å²) in [6, 6.07) is 2.40. The quantitative estimate of drug-likeness (QED) is 0.265. The van der Waals surface area contributed by atoms with Crippen molar-refractivity contribution in [3.05, 3.63) is 29.3 Å². The SMILES string of the molecule is [B]c1cc(C[C@@H](C(=O)NC)N2[C@H](C)[S+]2[O-])ccc1C(F)(F)P(=O)(O)O. The van der Waals surface area contributed by atoms with E-state index in [4.69, 9.17) is 17.6 Å². The van der Waals surface area contributed by atoms with E-state index in [0.717, 1.165) is 12.1 Å². The van der Waals surface area contributed by atoms with Gasteiger partial charge in [-0.2, -0.15) is 8.78 Å². The highest BCUT2D eigenvalue weighted by Crippen LogP contribution is 2.58. The molecule has 1 aromatic carbocycles. The van der Waals surface area contributed by atoms with Gasteiger partial charge in [0.1, 0.15) is 13.9 Å². The van der Waals surface area contributed by atoms with E-state index in [-0.39, 0.29) is 17.7 Å². The van der Waals surface area contributed by atoms with Gasteiger partial charge in [-0.3, -0.25) is 9.36 Å². The van der Waals surface area contributed by atoms with Crippen molar-refractivity contribution in [3.8, 4) is 0 Å². The Morgan fingerprint density at radius 2 is 2.12 bits per heavy atom. The normalized spacial score (nSPS) is 24.7. The van der Waals surface area contributed by atoms with Crippen molar-refractivity contribution in [2.24, 2.45) is 0 Å². The number of hydrogen-bond donors (Lipinski definition) is 3. The van der Waals surface area contributed by atoms with Crippen LogP contribution in [0.25, 0.3) is 0 Å². The Balaban J connectivity index is 2.28. The number of alkyl halides is 2. The maximum absolute atomic E-state index is 13.8. The van der Waals surface area contributed by atoms with Gasteiger partial charge in [-0.25, -0.2) is 0 Å². The third-order valence-corrected chi connectivity index (χ3v) is 6.46. The lowest BCUT2D eigenvalue weighted by atomic mass is 9.87. The largest absolute Gasteiger partial charge is 0.596 e. The zero-order valence-electron chi connectivity index (χ0n) is 13.3. The summed E-state index contributed by atoms with van der Waals surface area (Å²) < 4.78 is 51.7. The van der Waals surface area contributed by atoms with Crippen LogP contribution in [0.4, 0.5) is 8.78 Å². The standard InChI is InChI=1S/C13H16BF2N2O5PS/c1-7-18(25(7)23)11(12(19)17-2)6-8-3-4-9(10(14)5-8)13(15,16)24(20,21)22/h3-5,7,11H,6H2,1-2H3,(H,17,19)(H2,20,21,22)/t7-,11-,18?,25?/m0/s1. The number of hydrogen-bond acceptors (Lipinski definition) is 4. The predicted octanol–water partition coefficient (Wildman–Crippen LogP) is -0.310. The number of halogens is 2. The number of nitrogens with zero attached hydrogens (tertiary/aromatic N) is 1. The van der Waals surface area contributed by atoms with Crippen molar-refractivity contribution >= 4 is 38.2 Å². The first kappa shape index (κ1) is 20.3. The molecule has 1 amide bonds. The topological polar surface area (TPSA) is 113 Å².